The van der Waals surface area contributed by atoms with Gasteiger partial charge in [-0.1, -0.05) is 20.8 Å². The van der Waals surface area contributed by atoms with Crippen LogP contribution in [-0.2, 0) is 5.41 Å². The molecule has 0 aliphatic rings. The lowest BCUT2D eigenvalue weighted by atomic mass is 9.83. The average molecular weight is 190 g/mol. The first-order valence-corrected chi connectivity index (χ1v) is 4.77. The van der Waals surface area contributed by atoms with Crippen LogP contribution in [-0.4, -0.2) is 6.21 Å². The molecule has 0 bridgehead atoms. The summed E-state index contributed by atoms with van der Waals surface area (Å²) in [7, 11) is 0. The number of anilines is 1. The molecule has 76 valence electrons. The molecule has 0 aromatic heterocycles. The average Bonchev–Trinajstić information content (AvgIpc) is 2.06. The standard InChI is InChI=1S/C12H18N2/c1-8-5-9(7-13)11(14)6-10(8)12(2,3)4/h5-7,13H,14H2,1-4H3. The maximum Gasteiger partial charge on any atom is 0.0406 e. The van der Waals surface area contributed by atoms with E-state index >= 15 is 0 Å². The minimum Gasteiger partial charge on any atom is -0.398 e. The van der Waals surface area contributed by atoms with Crippen LogP contribution in [0, 0.1) is 12.3 Å². The molecule has 0 radical (unpaired) electrons. The van der Waals surface area contributed by atoms with Crippen LogP contribution >= 0.6 is 0 Å². The first-order chi connectivity index (χ1) is 6.36. The van der Waals surface area contributed by atoms with E-state index in [-0.39, 0.29) is 5.41 Å². The van der Waals surface area contributed by atoms with Gasteiger partial charge in [0.25, 0.3) is 0 Å². The summed E-state index contributed by atoms with van der Waals surface area (Å²) in [4.78, 5) is 0. The molecule has 1 aromatic carbocycles. The molecule has 2 nitrogen and oxygen atoms in total. The van der Waals surface area contributed by atoms with Gasteiger partial charge in [0, 0.05) is 17.5 Å². The zero-order valence-corrected chi connectivity index (χ0v) is 9.31. The van der Waals surface area contributed by atoms with Crippen LogP contribution in [0.15, 0.2) is 12.1 Å². The van der Waals surface area contributed by atoms with Gasteiger partial charge in [-0.3, -0.25) is 0 Å². The molecule has 1 rings (SSSR count). The second kappa shape index (κ2) is 3.45. The molecule has 0 unspecified atom stereocenters. The molecular weight excluding hydrogens is 172 g/mol. The van der Waals surface area contributed by atoms with Crippen LogP contribution in [0.5, 0.6) is 0 Å². The second-order valence-electron chi connectivity index (χ2n) is 4.69. The van der Waals surface area contributed by atoms with E-state index in [1.54, 1.807) is 0 Å². The van der Waals surface area contributed by atoms with Gasteiger partial charge in [0.2, 0.25) is 0 Å². The van der Waals surface area contributed by atoms with Gasteiger partial charge >= 0.3 is 0 Å². The van der Waals surface area contributed by atoms with E-state index in [0.29, 0.717) is 5.69 Å². The van der Waals surface area contributed by atoms with Crippen LogP contribution in [0.25, 0.3) is 0 Å². The van der Waals surface area contributed by atoms with E-state index < -0.39 is 0 Å². The Hall–Kier alpha value is -1.31. The number of nitrogens with two attached hydrogens (primary N) is 1. The van der Waals surface area contributed by atoms with Crippen molar-refractivity contribution in [1.82, 2.24) is 0 Å². The van der Waals surface area contributed by atoms with E-state index in [9.17, 15) is 0 Å². The number of nitrogens with one attached hydrogen (secondary N) is 1. The van der Waals surface area contributed by atoms with E-state index in [1.165, 1.54) is 17.3 Å². The van der Waals surface area contributed by atoms with Gasteiger partial charge in [0.1, 0.15) is 0 Å². The molecule has 0 fully saturated rings. The summed E-state index contributed by atoms with van der Waals surface area (Å²) in [5.74, 6) is 0. The predicted molar refractivity (Wildman–Crippen MR) is 62.2 cm³/mol. The van der Waals surface area contributed by atoms with E-state index in [1.807, 2.05) is 12.1 Å². The summed E-state index contributed by atoms with van der Waals surface area (Å²) in [5, 5.41) is 7.20. The molecule has 1 aromatic rings. The van der Waals surface area contributed by atoms with Crippen LogP contribution in [0.2, 0.25) is 0 Å². The highest BCUT2D eigenvalue weighted by atomic mass is 14.6. The number of hydrogen-bond donors (Lipinski definition) is 2. The first kappa shape index (κ1) is 10.8. The van der Waals surface area contributed by atoms with Gasteiger partial charge in [-0.25, -0.2) is 0 Å². The van der Waals surface area contributed by atoms with Gasteiger partial charge in [-0.05, 0) is 35.6 Å². The highest BCUT2D eigenvalue weighted by Crippen LogP contribution is 2.28. The van der Waals surface area contributed by atoms with E-state index in [4.69, 9.17) is 11.1 Å². The summed E-state index contributed by atoms with van der Waals surface area (Å²) in [6.07, 6.45) is 1.30. The zero-order chi connectivity index (χ0) is 10.9. The van der Waals surface area contributed by atoms with Gasteiger partial charge < -0.3 is 11.1 Å². The lowest BCUT2D eigenvalue weighted by Crippen LogP contribution is -2.14. The summed E-state index contributed by atoms with van der Waals surface area (Å²) in [6.45, 7) is 8.56. The normalized spacial score (nSPS) is 11.4. The van der Waals surface area contributed by atoms with Crippen molar-refractivity contribution >= 4 is 11.9 Å². The molecule has 0 spiro atoms. The number of nitrogen functional groups attached to an aromatic ring is 1. The molecular formula is C12H18N2. The van der Waals surface area contributed by atoms with Gasteiger partial charge in [0.05, 0.1) is 0 Å². The third kappa shape index (κ3) is 1.95. The molecule has 2 heteroatoms. The number of rotatable bonds is 1. The molecule has 0 saturated heterocycles. The quantitative estimate of drug-likeness (QED) is 0.519. The summed E-state index contributed by atoms with van der Waals surface area (Å²) in [5.41, 5.74) is 9.90. The topological polar surface area (TPSA) is 49.9 Å². The Morgan fingerprint density at radius 2 is 1.86 bits per heavy atom. The predicted octanol–water partition coefficient (Wildman–Crippen LogP) is 2.87. The van der Waals surface area contributed by atoms with Crippen LogP contribution < -0.4 is 5.73 Å². The Labute approximate surface area is 85.6 Å². The van der Waals surface area contributed by atoms with E-state index in [0.717, 1.165) is 5.56 Å². The molecule has 3 N–H and O–H groups in total. The minimum atomic E-state index is 0.110. The van der Waals surface area contributed by atoms with Crippen molar-refractivity contribution in [3.05, 3.63) is 28.8 Å². The Balaban J connectivity index is 3.36. The fraction of sp³-hybridized carbons (Fsp3) is 0.417. The molecule has 0 saturated carbocycles. The Bertz CT molecular complexity index is 359. The van der Waals surface area contributed by atoms with Crippen molar-refractivity contribution in [3.63, 3.8) is 0 Å². The van der Waals surface area contributed by atoms with Crippen LogP contribution in [0.3, 0.4) is 0 Å². The number of benzene rings is 1. The van der Waals surface area contributed by atoms with Gasteiger partial charge in [-0.15, -0.1) is 0 Å². The second-order valence-corrected chi connectivity index (χ2v) is 4.69. The monoisotopic (exact) mass is 190 g/mol. The van der Waals surface area contributed by atoms with Crippen molar-refractivity contribution in [2.24, 2.45) is 0 Å². The smallest absolute Gasteiger partial charge is 0.0406 e. The SMILES string of the molecule is Cc1cc(C=N)c(N)cc1C(C)(C)C. The maximum atomic E-state index is 7.20. The van der Waals surface area contributed by atoms with Crippen molar-refractivity contribution in [1.29, 1.82) is 5.41 Å². The van der Waals surface area contributed by atoms with Crippen LogP contribution in [0.1, 0.15) is 37.5 Å². The van der Waals surface area contributed by atoms with Crippen molar-refractivity contribution in [2.75, 3.05) is 5.73 Å². The third-order valence-corrected chi connectivity index (χ3v) is 2.39. The fourth-order valence-corrected chi connectivity index (χ4v) is 1.68. The molecule has 0 amide bonds. The molecule has 0 aliphatic heterocycles. The van der Waals surface area contributed by atoms with Crippen molar-refractivity contribution < 1.29 is 0 Å². The summed E-state index contributed by atoms with van der Waals surface area (Å²) < 4.78 is 0. The first-order valence-electron chi connectivity index (χ1n) is 4.77. The van der Waals surface area contributed by atoms with E-state index in [2.05, 4.69) is 27.7 Å². The highest BCUT2D eigenvalue weighted by Gasteiger charge is 2.17. The van der Waals surface area contributed by atoms with Gasteiger partial charge in [-0.2, -0.15) is 0 Å². The number of hydrogen-bond acceptors (Lipinski definition) is 2. The molecule has 0 aliphatic carbocycles. The Morgan fingerprint density at radius 3 is 2.29 bits per heavy atom. The maximum absolute atomic E-state index is 7.20. The third-order valence-electron chi connectivity index (χ3n) is 2.39. The van der Waals surface area contributed by atoms with Gasteiger partial charge in [0.15, 0.2) is 0 Å². The van der Waals surface area contributed by atoms with Crippen molar-refractivity contribution in [3.8, 4) is 0 Å². The highest BCUT2D eigenvalue weighted by molar-refractivity contribution is 5.85. The molecule has 0 atom stereocenters. The lowest BCUT2D eigenvalue weighted by Gasteiger charge is -2.22. The summed E-state index contributed by atoms with van der Waals surface area (Å²) >= 11 is 0. The minimum absolute atomic E-state index is 0.110. The largest absolute Gasteiger partial charge is 0.398 e. The fourth-order valence-electron chi connectivity index (χ4n) is 1.68. The zero-order valence-electron chi connectivity index (χ0n) is 9.31. The lowest BCUT2D eigenvalue weighted by molar-refractivity contribution is 0.586. The molecule has 14 heavy (non-hydrogen) atoms. The van der Waals surface area contributed by atoms with Crippen molar-refractivity contribution in [2.45, 2.75) is 33.1 Å². The molecule has 0 heterocycles. The van der Waals surface area contributed by atoms with Crippen LogP contribution in [0.4, 0.5) is 5.69 Å². The Kier molecular flexibility index (Phi) is 2.65. The Morgan fingerprint density at radius 1 is 1.29 bits per heavy atom. The number of aryl methyl sites for hydroxylation is 1. The summed E-state index contributed by atoms with van der Waals surface area (Å²) in [6, 6.07) is 3.96.